The van der Waals surface area contributed by atoms with E-state index in [-0.39, 0.29) is 29.1 Å². The number of hydrogen-bond donors (Lipinski definition) is 1. The van der Waals surface area contributed by atoms with Crippen LogP contribution >= 0.6 is 0 Å². The van der Waals surface area contributed by atoms with Crippen LogP contribution in [0.4, 0.5) is 4.39 Å². The second kappa shape index (κ2) is 6.35. The van der Waals surface area contributed by atoms with Crippen LogP contribution in [0, 0.1) is 11.7 Å². The van der Waals surface area contributed by atoms with Gasteiger partial charge in [-0.3, -0.25) is 4.79 Å². The van der Waals surface area contributed by atoms with Crippen molar-refractivity contribution in [2.45, 2.75) is 19.3 Å². The van der Waals surface area contributed by atoms with Crippen molar-refractivity contribution in [1.82, 2.24) is 5.32 Å². The molecule has 1 fully saturated rings. The topological polar surface area (TPSA) is 63.2 Å². The third-order valence-electron chi connectivity index (χ3n) is 3.55. The lowest BCUT2D eigenvalue weighted by Gasteiger charge is -2.21. The summed E-state index contributed by atoms with van der Waals surface area (Å²) >= 11 is 0. The summed E-state index contributed by atoms with van der Waals surface area (Å²) in [6, 6.07) is 6.16. The molecule has 1 amide bonds. The molecule has 1 heterocycles. The smallest absolute Gasteiger partial charge is 0.223 e. The average molecular weight is 299 g/mol. The summed E-state index contributed by atoms with van der Waals surface area (Å²) in [6.45, 7) is 0.480. The van der Waals surface area contributed by atoms with E-state index < -0.39 is 9.84 Å². The molecule has 1 aliphatic heterocycles. The van der Waals surface area contributed by atoms with Crippen LogP contribution in [0.1, 0.15) is 18.4 Å². The quantitative estimate of drug-likeness (QED) is 0.912. The minimum atomic E-state index is -2.93. The largest absolute Gasteiger partial charge is 0.356 e. The molecule has 0 aromatic heterocycles. The van der Waals surface area contributed by atoms with Gasteiger partial charge in [-0.2, -0.15) is 0 Å². The number of halogens is 1. The molecule has 6 heteroatoms. The highest BCUT2D eigenvalue weighted by atomic mass is 32.2. The minimum Gasteiger partial charge on any atom is -0.356 e. The second-order valence-electron chi connectivity index (χ2n) is 5.09. The number of amides is 1. The van der Waals surface area contributed by atoms with E-state index >= 15 is 0 Å². The zero-order chi connectivity index (χ0) is 14.6. The van der Waals surface area contributed by atoms with Gasteiger partial charge in [-0.25, -0.2) is 12.8 Å². The molecule has 0 spiro atoms. The van der Waals surface area contributed by atoms with Gasteiger partial charge in [-0.1, -0.05) is 12.1 Å². The van der Waals surface area contributed by atoms with Crippen molar-refractivity contribution in [2.24, 2.45) is 5.92 Å². The first kappa shape index (κ1) is 15.0. The fourth-order valence-electron chi connectivity index (χ4n) is 2.28. The van der Waals surface area contributed by atoms with Gasteiger partial charge >= 0.3 is 0 Å². The zero-order valence-electron chi connectivity index (χ0n) is 11.1. The van der Waals surface area contributed by atoms with Gasteiger partial charge in [0.25, 0.3) is 0 Å². The maximum atomic E-state index is 12.7. The minimum absolute atomic E-state index is 0.0815. The van der Waals surface area contributed by atoms with Gasteiger partial charge in [-0.15, -0.1) is 0 Å². The summed E-state index contributed by atoms with van der Waals surface area (Å²) in [6.07, 6.45) is 1.45. The lowest BCUT2D eigenvalue weighted by atomic mass is 10.0. The van der Waals surface area contributed by atoms with Crippen LogP contribution in [0.2, 0.25) is 0 Å². The number of rotatable bonds is 4. The third-order valence-corrected chi connectivity index (χ3v) is 5.27. The lowest BCUT2D eigenvalue weighted by Crippen LogP contribution is -2.37. The molecular weight excluding hydrogens is 281 g/mol. The van der Waals surface area contributed by atoms with E-state index in [0.717, 1.165) is 5.56 Å². The number of hydrogen-bond acceptors (Lipinski definition) is 3. The molecule has 1 aromatic carbocycles. The molecule has 4 nitrogen and oxygen atoms in total. The molecule has 0 radical (unpaired) electrons. The number of benzene rings is 1. The van der Waals surface area contributed by atoms with Crippen LogP contribution in [-0.4, -0.2) is 32.4 Å². The van der Waals surface area contributed by atoms with Crippen LogP contribution in [-0.2, 0) is 21.1 Å². The Morgan fingerprint density at radius 3 is 2.40 bits per heavy atom. The predicted octanol–water partition coefficient (Wildman–Crippen LogP) is 1.31. The van der Waals surface area contributed by atoms with Crippen LogP contribution < -0.4 is 5.32 Å². The van der Waals surface area contributed by atoms with Gasteiger partial charge in [-0.05, 0) is 37.0 Å². The molecule has 1 aliphatic rings. The van der Waals surface area contributed by atoms with Gasteiger partial charge < -0.3 is 5.32 Å². The van der Waals surface area contributed by atoms with E-state index in [1.54, 1.807) is 12.1 Å². The standard InChI is InChI=1S/C14H18FNO3S/c15-13-3-1-11(2-4-13)5-8-16-14(17)12-6-9-20(18,19)10-7-12/h1-4,12H,5-10H2,(H,16,17). The molecule has 0 saturated carbocycles. The molecule has 1 saturated heterocycles. The van der Waals surface area contributed by atoms with E-state index in [2.05, 4.69) is 5.32 Å². The number of nitrogens with one attached hydrogen (secondary N) is 1. The molecule has 110 valence electrons. The molecule has 0 bridgehead atoms. The number of sulfone groups is 1. The SMILES string of the molecule is O=C(NCCc1ccc(F)cc1)C1CCS(=O)(=O)CC1. The predicted molar refractivity (Wildman–Crippen MR) is 74.5 cm³/mol. The normalized spacial score (nSPS) is 18.6. The van der Waals surface area contributed by atoms with E-state index in [1.807, 2.05) is 0 Å². The first-order chi connectivity index (χ1) is 9.46. The Bertz CT molecular complexity index is 555. The molecule has 1 N–H and O–H groups in total. The van der Waals surface area contributed by atoms with Crippen molar-refractivity contribution in [3.05, 3.63) is 35.6 Å². The first-order valence-corrected chi connectivity index (χ1v) is 8.51. The fraction of sp³-hybridized carbons (Fsp3) is 0.500. The highest BCUT2D eigenvalue weighted by Crippen LogP contribution is 2.18. The third kappa shape index (κ3) is 4.30. The highest BCUT2D eigenvalue weighted by Gasteiger charge is 2.28. The van der Waals surface area contributed by atoms with Crippen molar-refractivity contribution >= 4 is 15.7 Å². The summed E-state index contributed by atoms with van der Waals surface area (Å²) in [5, 5.41) is 2.82. The van der Waals surface area contributed by atoms with Crippen molar-refractivity contribution < 1.29 is 17.6 Å². The summed E-state index contributed by atoms with van der Waals surface area (Å²) < 4.78 is 35.3. The average Bonchev–Trinajstić information content (AvgIpc) is 2.41. The van der Waals surface area contributed by atoms with Crippen molar-refractivity contribution in [1.29, 1.82) is 0 Å². The summed E-state index contributed by atoms with van der Waals surface area (Å²) in [5.41, 5.74) is 0.956. The van der Waals surface area contributed by atoms with Gasteiger partial charge in [0.05, 0.1) is 11.5 Å². The lowest BCUT2D eigenvalue weighted by molar-refractivity contribution is -0.125. The monoisotopic (exact) mass is 299 g/mol. The fourth-order valence-corrected chi connectivity index (χ4v) is 3.77. The highest BCUT2D eigenvalue weighted by molar-refractivity contribution is 7.91. The van der Waals surface area contributed by atoms with E-state index in [0.29, 0.717) is 25.8 Å². The van der Waals surface area contributed by atoms with Crippen LogP contribution in [0.3, 0.4) is 0 Å². The van der Waals surface area contributed by atoms with Gasteiger partial charge in [0.15, 0.2) is 0 Å². The van der Waals surface area contributed by atoms with Crippen LogP contribution in [0.15, 0.2) is 24.3 Å². The molecule has 0 unspecified atom stereocenters. The Labute approximate surface area is 118 Å². The summed E-state index contributed by atoms with van der Waals surface area (Å²) in [4.78, 5) is 11.9. The van der Waals surface area contributed by atoms with Gasteiger partial charge in [0.1, 0.15) is 15.7 Å². The Morgan fingerprint density at radius 2 is 1.80 bits per heavy atom. The maximum absolute atomic E-state index is 12.7. The van der Waals surface area contributed by atoms with Crippen molar-refractivity contribution in [3.63, 3.8) is 0 Å². The summed E-state index contributed by atoms with van der Waals surface area (Å²) in [5.74, 6) is -0.360. The molecular formula is C14H18FNO3S. The Hall–Kier alpha value is -1.43. The Morgan fingerprint density at radius 1 is 1.20 bits per heavy atom. The van der Waals surface area contributed by atoms with E-state index in [1.165, 1.54) is 12.1 Å². The second-order valence-corrected chi connectivity index (χ2v) is 7.40. The zero-order valence-corrected chi connectivity index (χ0v) is 12.0. The molecule has 0 atom stereocenters. The number of carbonyl (C=O) groups is 1. The van der Waals surface area contributed by atoms with Crippen LogP contribution in [0.5, 0.6) is 0 Å². The molecule has 2 rings (SSSR count). The van der Waals surface area contributed by atoms with Crippen molar-refractivity contribution in [2.75, 3.05) is 18.1 Å². The number of carbonyl (C=O) groups excluding carboxylic acids is 1. The van der Waals surface area contributed by atoms with Crippen LogP contribution in [0.25, 0.3) is 0 Å². The molecule has 0 aliphatic carbocycles. The van der Waals surface area contributed by atoms with Gasteiger partial charge in [0, 0.05) is 12.5 Å². The molecule has 1 aromatic rings. The Kier molecular flexibility index (Phi) is 4.75. The first-order valence-electron chi connectivity index (χ1n) is 6.69. The Balaban J connectivity index is 1.74. The summed E-state index contributed by atoms with van der Waals surface area (Å²) in [7, 11) is -2.93. The maximum Gasteiger partial charge on any atom is 0.223 e. The van der Waals surface area contributed by atoms with Crippen molar-refractivity contribution in [3.8, 4) is 0 Å². The van der Waals surface area contributed by atoms with E-state index in [9.17, 15) is 17.6 Å². The van der Waals surface area contributed by atoms with Gasteiger partial charge in [0.2, 0.25) is 5.91 Å². The van der Waals surface area contributed by atoms with E-state index in [4.69, 9.17) is 0 Å². The molecule has 20 heavy (non-hydrogen) atoms.